The Balaban J connectivity index is 1.88. The lowest BCUT2D eigenvalue weighted by Crippen LogP contribution is -2.46. The summed E-state index contributed by atoms with van der Waals surface area (Å²) >= 11 is 0. The number of sulfonamides is 1. The van der Waals surface area contributed by atoms with Crippen molar-refractivity contribution < 1.29 is 13.2 Å². The normalized spacial score (nSPS) is 27.7. The van der Waals surface area contributed by atoms with Crippen LogP contribution in [-0.2, 0) is 14.8 Å². The van der Waals surface area contributed by atoms with Gasteiger partial charge in [0.1, 0.15) is 0 Å². The van der Waals surface area contributed by atoms with Crippen LogP contribution in [0.4, 0.5) is 0 Å². The lowest BCUT2D eigenvalue weighted by Gasteiger charge is -2.23. The van der Waals surface area contributed by atoms with Gasteiger partial charge in [-0.15, -0.1) is 0 Å². The third-order valence-corrected chi connectivity index (χ3v) is 5.46. The Kier molecular flexibility index (Phi) is 5.00. The van der Waals surface area contributed by atoms with Crippen LogP contribution < -0.4 is 10.5 Å². The molecule has 1 aliphatic heterocycles. The van der Waals surface area contributed by atoms with Crippen LogP contribution in [0.3, 0.4) is 0 Å². The van der Waals surface area contributed by atoms with Gasteiger partial charge in [-0.2, -0.15) is 0 Å². The van der Waals surface area contributed by atoms with Gasteiger partial charge in [-0.3, -0.25) is 0 Å². The van der Waals surface area contributed by atoms with Crippen molar-refractivity contribution in [2.45, 2.75) is 50.7 Å². The van der Waals surface area contributed by atoms with Gasteiger partial charge in [-0.05, 0) is 31.6 Å². The molecule has 1 saturated heterocycles. The second kappa shape index (κ2) is 6.32. The molecule has 0 aromatic rings. The van der Waals surface area contributed by atoms with Crippen LogP contribution in [0.15, 0.2) is 0 Å². The molecule has 1 saturated carbocycles. The van der Waals surface area contributed by atoms with E-state index in [0.29, 0.717) is 19.1 Å². The maximum Gasteiger partial charge on any atom is 0.214 e. The van der Waals surface area contributed by atoms with Gasteiger partial charge in [-0.1, -0.05) is 12.8 Å². The van der Waals surface area contributed by atoms with E-state index in [1.54, 1.807) is 0 Å². The lowest BCUT2D eigenvalue weighted by atomic mass is 9.99. The first-order chi connectivity index (χ1) is 8.61. The van der Waals surface area contributed by atoms with Crippen LogP contribution in [0.1, 0.15) is 38.5 Å². The van der Waals surface area contributed by atoms with E-state index in [9.17, 15) is 8.42 Å². The minimum atomic E-state index is -3.27. The van der Waals surface area contributed by atoms with E-state index in [4.69, 9.17) is 10.5 Å². The Hall–Kier alpha value is -0.170. The summed E-state index contributed by atoms with van der Waals surface area (Å²) in [6.45, 7) is 1.07. The summed E-state index contributed by atoms with van der Waals surface area (Å²) in [5.74, 6) is 0.491. The molecular weight excluding hydrogens is 252 g/mol. The smallest absolute Gasteiger partial charge is 0.214 e. The average Bonchev–Trinajstić information content (AvgIpc) is 2.97. The highest BCUT2D eigenvalue weighted by Crippen LogP contribution is 2.27. The molecule has 106 valence electrons. The van der Waals surface area contributed by atoms with Crippen molar-refractivity contribution in [1.82, 2.24) is 4.72 Å². The molecule has 2 unspecified atom stereocenters. The SMILES string of the molecule is NCC(NS(=O)(=O)CC1CCCO1)C1CCCC1. The monoisotopic (exact) mass is 276 g/mol. The predicted molar refractivity (Wildman–Crippen MR) is 70.7 cm³/mol. The highest BCUT2D eigenvalue weighted by molar-refractivity contribution is 7.89. The summed E-state index contributed by atoms with van der Waals surface area (Å²) in [5.41, 5.74) is 5.71. The maximum absolute atomic E-state index is 12.1. The zero-order chi connectivity index (χ0) is 13.0. The van der Waals surface area contributed by atoms with Crippen LogP contribution in [0.25, 0.3) is 0 Å². The molecule has 5 nitrogen and oxygen atoms in total. The van der Waals surface area contributed by atoms with Gasteiger partial charge in [0.15, 0.2) is 0 Å². The highest BCUT2D eigenvalue weighted by atomic mass is 32.2. The van der Waals surface area contributed by atoms with Crippen LogP contribution >= 0.6 is 0 Å². The first kappa shape index (κ1) is 14.2. The van der Waals surface area contributed by atoms with E-state index in [1.165, 1.54) is 12.8 Å². The molecule has 18 heavy (non-hydrogen) atoms. The van der Waals surface area contributed by atoms with Crippen LogP contribution in [0.5, 0.6) is 0 Å². The first-order valence-corrected chi connectivity index (χ1v) is 8.57. The van der Waals surface area contributed by atoms with Gasteiger partial charge < -0.3 is 10.5 Å². The molecule has 0 aromatic heterocycles. The molecule has 0 radical (unpaired) electrons. The van der Waals surface area contributed by atoms with Crippen molar-refractivity contribution in [3.05, 3.63) is 0 Å². The Bertz CT molecular complexity index is 346. The average molecular weight is 276 g/mol. The standard InChI is InChI=1S/C12H24N2O3S/c13-8-12(10-4-1-2-5-10)14-18(15,16)9-11-6-3-7-17-11/h10-12,14H,1-9,13H2. The lowest BCUT2D eigenvalue weighted by molar-refractivity contribution is 0.127. The molecule has 2 aliphatic rings. The Morgan fingerprint density at radius 2 is 1.94 bits per heavy atom. The topological polar surface area (TPSA) is 81.4 Å². The number of nitrogens with two attached hydrogens (primary N) is 1. The van der Waals surface area contributed by atoms with Gasteiger partial charge in [0, 0.05) is 19.2 Å². The van der Waals surface area contributed by atoms with E-state index >= 15 is 0 Å². The van der Waals surface area contributed by atoms with Crippen molar-refractivity contribution >= 4 is 10.0 Å². The highest BCUT2D eigenvalue weighted by Gasteiger charge is 2.30. The summed E-state index contributed by atoms with van der Waals surface area (Å²) in [5, 5.41) is 0. The minimum absolute atomic E-state index is 0.0796. The Labute approximate surface area is 110 Å². The maximum atomic E-state index is 12.1. The zero-order valence-corrected chi connectivity index (χ0v) is 11.6. The van der Waals surface area contributed by atoms with Gasteiger partial charge >= 0.3 is 0 Å². The van der Waals surface area contributed by atoms with E-state index in [2.05, 4.69) is 4.72 Å². The Morgan fingerprint density at radius 1 is 1.22 bits per heavy atom. The molecule has 0 bridgehead atoms. The third kappa shape index (κ3) is 3.91. The van der Waals surface area contributed by atoms with E-state index in [-0.39, 0.29) is 17.9 Å². The molecule has 0 aromatic carbocycles. The molecule has 0 amide bonds. The largest absolute Gasteiger partial charge is 0.377 e. The molecule has 2 fully saturated rings. The minimum Gasteiger partial charge on any atom is -0.377 e. The summed E-state index contributed by atoms with van der Waals surface area (Å²) < 4.78 is 32.3. The van der Waals surface area contributed by atoms with Crippen molar-refractivity contribution in [2.75, 3.05) is 18.9 Å². The predicted octanol–water partition coefficient (Wildman–Crippen LogP) is 0.602. The first-order valence-electron chi connectivity index (χ1n) is 6.92. The number of nitrogens with one attached hydrogen (secondary N) is 1. The number of hydrogen-bond acceptors (Lipinski definition) is 4. The second-order valence-electron chi connectivity index (χ2n) is 5.42. The van der Waals surface area contributed by atoms with Gasteiger partial charge in [0.25, 0.3) is 0 Å². The van der Waals surface area contributed by atoms with Crippen molar-refractivity contribution in [3.8, 4) is 0 Å². The molecule has 0 spiro atoms. The van der Waals surface area contributed by atoms with Crippen molar-refractivity contribution in [3.63, 3.8) is 0 Å². The molecule has 1 heterocycles. The fourth-order valence-electron chi connectivity index (χ4n) is 3.00. The number of rotatable bonds is 6. The molecule has 3 N–H and O–H groups in total. The van der Waals surface area contributed by atoms with Crippen molar-refractivity contribution in [1.29, 1.82) is 0 Å². The molecule has 2 rings (SSSR count). The van der Waals surface area contributed by atoms with Gasteiger partial charge in [-0.25, -0.2) is 13.1 Å². The van der Waals surface area contributed by atoms with Crippen LogP contribution in [-0.4, -0.2) is 39.5 Å². The summed E-state index contributed by atoms with van der Waals surface area (Å²) in [6, 6.07) is -0.0982. The summed E-state index contributed by atoms with van der Waals surface area (Å²) in [6.07, 6.45) is 6.23. The molecule has 6 heteroatoms. The fraction of sp³-hybridized carbons (Fsp3) is 1.00. The summed E-state index contributed by atoms with van der Waals surface area (Å²) in [7, 11) is -3.27. The Morgan fingerprint density at radius 3 is 2.50 bits per heavy atom. The quantitative estimate of drug-likeness (QED) is 0.744. The van der Waals surface area contributed by atoms with E-state index in [0.717, 1.165) is 25.7 Å². The second-order valence-corrected chi connectivity index (χ2v) is 7.22. The molecule has 1 aliphatic carbocycles. The van der Waals surface area contributed by atoms with Gasteiger partial charge in [0.05, 0.1) is 11.9 Å². The number of hydrogen-bond donors (Lipinski definition) is 2. The van der Waals surface area contributed by atoms with Crippen LogP contribution in [0.2, 0.25) is 0 Å². The summed E-state index contributed by atoms with van der Waals surface area (Å²) in [4.78, 5) is 0. The molecular formula is C12H24N2O3S. The van der Waals surface area contributed by atoms with Crippen molar-refractivity contribution in [2.24, 2.45) is 11.7 Å². The third-order valence-electron chi connectivity index (χ3n) is 3.98. The fourth-order valence-corrected chi connectivity index (χ4v) is 4.59. The van der Waals surface area contributed by atoms with Crippen LogP contribution in [0, 0.1) is 5.92 Å². The van der Waals surface area contributed by atoms with E-state index in [1.807, 2.05) is 0 Å². The molecule has 2 atom stereocenters. The zero-order valence-electron chi connectivity index (χ0n) is 10.8. The van der Waals surface area contributed by atoms with Gasteiger partial charge in [0.2, 0.25) is 10.0 Å². The van der Waals surface area contributed by atoms with E-state index < -0.39 is 10.0 Å². The number of ether oxygens (including phenoxy) is 1.